The fourth-order valence-corrected chi connectivity index (χ4v) is 3.03. The number of pyridine rings is 1. The highest BCUT2D eigenvalue weighted by Crippen LogP contribution is 2.40. The highest BCUT2D eigenvalue weighted by molar-refractivity contribution is 5.30. The van der Waals surface area contributed by atoms with Crippen LogP contribution in [0.5, 0.6) is 0 Å². The Balaban J connectivity index is 2.32. The molecule has 0 amide bonds. The molecule has 1 saturated carbocycles. The molecule has 0 spiro atoms. The first-order valence-corrected chi connectivity index (χ1v) is 7.28. The Labute approximate surface area is 117 Å². The van der Waals surface area contributed by atoms with Gasteiger partial charge < -0.3 is 5.32 Å². The first kappa shape index (κ1) is 15.3. The van der Waals surface area contributed by atoms with Gasteiger partial charge in [0.2, 0.25) is 0 Å². The van der Waals surface area contributed by atoms with Crippen molar-refractivity contribution < 1.29 is 13.2 Å². The summed E-state index contributed by atoms with van der Waals surface area (Å²) in [6, 6.07) is 0.855. The van der Waals surface area contributed by atoms with Gasteiger partial charge in [0.25, 0.3) is 0 Å². The minimum Gasteiger partial charge on any atom is -0.310 e. The molecule has 1 fully saturated rings. The normalized spacial score (nSPS) is 18.4. The quantitative estimate of drug-likeness (QED) is 0.871. The second-order valence-electron chi connectivity index (χ2n) is 5.44. The van der Waals surface area contributed by atoms with Gasteiger partial charge in [0.1, 0.15) is 0 Å². The van der Waals surface area contributed by atoms with Crippen LogP contribution < -0.4 is 5.32 Å². The smallest absolute Gasteiger partial charge is 0.310 e. The Morgan fingerprint density at radius 1 is 1.35 bits per heavy atom. The molecule has 1 heterocycles. The van der Waals surface area contributed by atoms with Crippen LogP contribution in [0.1, 0.15) is 56.2 Å². The lowest BCUT2D eigenvalue weighted by Crippen LogP contribution is -2.30. The Morgan fingerprint density at radius 2 is 2.05 bits per heavy atom. The average Bonchev–Trinajstić information content (AvgIpc) is 2.92. The lowest BCUT2D eigenvalue weighted by molar-refractivity contribution is -0.138. The standard InChI is InChI=1S/C15H21F3N2/c1-2-8-20-14(11-5-3-4-6-11)12-10-19-9-7-13(12)15(16,17)18/h7,9-11,14,20H,2-6,8H2,1H3. The second kappa shape index (κ2) is 6.57. The number of halogens is 3. The molecule has 1 aromatic heterocycles. The predicted octanol–water partition coefficient (Wildman–Crippen LogP) is 4.33. The lowest BCUT2D eigenvalue weighted by Gasteiger charge is -2.27. The van der Waals surface area contributed by atoms with Gasteiger partial charge in [-0.15, -0.1) is 0 Å². The van der Waals surface area contributed by atoms with Gasteiger partial charge in [0.15, 0.2) is 0 Å². The number of alkyl halides is 3. The van der Waals surface area contributed by atoms with Crippen molar-refractivity contribution >= 4 is 0 Å². The molecule has 1 N–H and O–H groups in total. The van der Waals surface area contributed by atoms with Crippen molar-refractivity contribution in [2.45, 2.75) is 51.2 Å². The molecule has 0 aromatic carbocycles. The predicted molar refractivity (Wildman–Crippen MR) is 72.2 cm³/mol. The molecule has 1 aromatic rings. The number of aromatic nitrogens is 1. The van der Waals surface area contributed by atoms with Crippen molar-refractivity contribution in [2.75, 3.05) is 6.54 Å². The molecule has 2 nitrogen and oxygen atoms in total. The highest BCUT2D eigenvalue weighted by atomic mass is 19.4. The van der Waals surface area contributed by atoms with E-state index in [4.69, 9.17) is 0 Å². The molecule has 0 aliphatic heterocycles. The molecule has 1 atom stereocenters. The fraction of sp³-hybridized carbons (Fsp3) is 0.667. The third kappa shape index (κ3) is 3.51. The van der Waals surface area contributed by atoms with E-state index in [1.54, 1.807) is 0 Å². The van der Waals surface area contributed by atoms with Crippen molar-refractivity contribution in [1.82, 2.24) is 10.3 Å². The summed E-state index contributed by atoms with van der Waals surface area (Å²) in [6.45, 7) is 2.75. The van der Waals surface area contributed by atoms with Crippen molar-refractivity contribution in [1.29, 1.82) is 0 Å². The zero-order valence-corrected chi connectivity index (χ0v) is 11.7. The topological polar surface area (TPSA) is 24.9 Å². The van der Waals surface area contributed by atoms with E-state index >= 15 is 0 Å². The first-order valence-electron chi connectivity index (χ1n) is 7.28. The molecule has 1 aliphatic carbocycles. The SMILES string of the molecule is CCCNC(c1cnccc1C(F)(F)F)C1CCCC1. The summed E-state index contributed by atoms with van der Waals surface area (Å²) < 4.78 is 39.5. The number of rotatable bonds is 5. The third-order valence-corrected chi connectivity index (χ3v) is 3.98. The van der Waals surface area contributed by atoms with Crippen LogP contribution in [-0.2, 0) is 6.18 Å². The minimum atomic E-state index is -4.32. The van der Waals surface area contributed by atoms with Crippen LogP contribution in [0.15, 0.2) is 18.5 Å². The maximum Gasteiger partial charge on any atom is 0.416 e. The Hall–Kier alpha value is -1.10. The third-order valence-electron chi connectivity index (χ3n) is 3.98. The van der Waals surface area contributed by atoms with Gasteiger partial charge >= 0.3 is 6.18 Å². The summed E-state index contributed by atoms with van der Waals surface area (Å²) in [4.78, 5) is 3.92. The molecular formula is C15H21F3N2. The van der Waals surface area contributed by atoms with Gasteiger partial charge in [-0.1, -0.05) is 19.8 Å². The summed E-state index contributed by atoms with van der Waals surface area (Å²) in [7, 11) is 0. The Kier molecular flexibility index (Phi) is 5.02. The van der Waals surface area contributed by atoms with Gasteiger partial charge in [0, 0.05) is 18.4 Å². The molecule has 2 rings (SSSR count). The summed E-state index contributed by atoms with van der Waals surface area (Å²) in [6.07, 6.45) is 3.40. The number of nitrogens with one attached hydrogen (secondary N) is 1. The van der Waals surface area contributed by atoms with Crippen molar-refractivity contribution in [3.63, 3.8) is 0 Å². The highest BCUT2D eigenvalue weighted by Gasteiger charge is 2.37. The van der Waals surface area contributed by atoms with Gasteiger partial charge in [-0.25, -0.2) is 0 Å². The number of hydrogen-bond donors (Lipinski definition) is 1. The second-order valence-corrected chi connectivity index (χ2v) is 5.44. The van der Waals surface area contributed by atoms with E-state index < -0.39 is 11.7 Å². The Bertz CT molecular complexity index is 425. The van der Waals surface area contributed by atoms with Gasteiger partial charge in [0.05, 0.1) is 5.56 Å². The van der Waals surface area contributed by atoms with Gasteiger partial charge in [-0.2, -0.15) is 13.2 Å². The number of hydrogen-bond acceptors (Lipinski definition) is 2. The van der Waals surface area contributed by atoms with Crippen molar-refractivity contribution in [2.24, 2.45) is 5.92 Å². The molecule has 0 radical (unpaired) electrons. The summed E-state index contributed by atoms with van der Waals surface area (Å²) in [5.74, 6) is 0.284. The van der Waals surface area contributed by atoms with E-state index in [1.165, 1.54) is 12.4 Å². The van der Waals surface area contributed by atoms with Gasteiger partial charge in [-0.3, -0.25) is 4.98 Å². The van der Waals surface area contributed by atoms with Crippen LogP contribution in [0.4, 0.5) is 13.2 Å². The molecular weight excluding hydrogens is 265 g/mol. The molecule has 20 heavy (non-hydrogen) atoms. The molecule has 1 aliphatic rings. The Morgan fingerprint density at radius 3 is 2.65 bits per heavy atom. The van der Waals surface area contributed by atoms with Crippen molar-refractivity contribution in [3.05, 3.63) is 29.6 Å². The van der Waals surface area contributed by atoms with Gasteiger partial charge in [-0.05, 0) is 43.4 Å². The van der Waals surface area contributed by atoms with E-state index in [0.717, 1.165) is 44.7 Å². The minimum absolute atomic E-state index is 0.234. The van der Waals surface area contributed by atoms with Crippen LogP contribution in [0, 0.1) is 5.92 Å². The lowest BCUT2D eigenvalue weighted by atomic mass is 9.89. The maximum atomic E-state index is 13.2. The van der Waals surface area contributed by atoms with E-state index in [1.807, 2.05) is 6.92 Å². The van der Waals surface area contributed by atoms with Crippen LogP contribution >= 0.6 is 0 Å². The largest absolute Gasteiger partial charge is 0.416 e. The molecule has 0 saturated heterocycles. The molecule has 1 unspecified atom stereocenters. The summed E-state index contributed by atoms with van der Waals surface area (Å²) in [5, 5.41) is 3.30. The van der Waals surface area contributed by atoms with Crippen LogP contribution in [0.2, 0.25) is 0 Å². The number of nitrogens with zero attached hydrogens (tertiary/aromatic N) is 1. The average molecular weight is 286 g/mol. The van der Waals surface area contributed by atoms with E-state index in [9.17, 15) is 13.2 Å². The molecule has 112 valence electrons. The maximum absolute atomic E-state index is 13.2. The van der Waals surface area contributed by atoms with Crippen LogP contribution in [0.3, 0.4) is 0 Å². The zero-order chi connectivity index (χ0) is 14.6. The first-order chi connectivity index (χ1) is 9.54. The van der Waals surface area contributed by atoms with E-state index in [-0.39, 0.29) is 12.0 Å². The fourth-order valence-electron chi connectivity index (χ4n) is 3.03. The van der Waals surface area contributed by atoms with Crippen molar-refractivity contribution in [3.8, 4) is 0 Å². The monoisotopic (exact) mass is 286 g/mol. The molecule has 5 heteroatoms. The van der Waals surface area contributed by atoms with E-state index in [2.05, 4.69) is 10.3 Å². The van der Waals surface area contributed by atoms with Crippen LogP contribution in [0.25, 0.3) is 0 Å². The van der Waals surface area contributed by atoms with Crippen LogP contribution in [-0.4, -0.2) is 11.5 Å². The van der Waals surface area contributed by atoms with E-state index in [0.29, 0.717) is 5.56 Å². The zero-order valence-electron chi connectivity index (χ0n) is 11.7. The summed E-state index contributed by atoms with van der Waals surface area (Å²) in [5.41, 5.74) is -0.242. The summed E-state index contributed by atoms with van der Waals surface area (Å²) >= 11 is 0. The molecule has 0 bridgehead atoms.